The Bertz CT molecular complexity index is 667. The van der Waals surface area contributed by atoms with Crippen molar-refractivity contribution < 1.29 is 9.53 Å². The molecule has 1 aliphatic carbocycles. The summed E-state index contributed by atoms with van der Waals surface area (Å²) in [5.74, 6) is 2.19. The number of ether oxygens (including phenoxy) is 1. The third-order valence-corrected chi connectivity index (χ3v) is 6.23. The number of methoxy groups -OCH3 is 1. The normalized spacial score (nSPS) is 19.1. The van der Waals surface area contributed by atoms with E-state index in [1.54, 1.807) is 11.7 Å². The number of nitrogens with zero attached hydrogens (tertiary/aromatic N) is 4. The molecule has 3 rings (SSSR count). The predicted octanol–water partition coefficient (Wildman–Crippen LogP) is 2.39. The highest BCUT2D eigenvalue weighted by Gasteiger charge is 2.28. The first-order valence-corrected chi connectivity index (χ1v) is 10.6. The van der Waals surface area contributed by atoms with Crippen LogP contribution in [0, 0.1) is 5.92 Å². The SMILES string of the molecule is CCn1c(C2CCN(C(=O)CCC3CCCC3)CC2)nn(CCOC)c1=O. The van der Waals surface area contributed by atoms with Crippen molar-refractivity contribution in [2.75, 3.05) is 26.8 Å². The fourth-order valence-corrected chi connectivity index (χ4v) is 4.55. The Morgan fingerprint density at radius 1 is 1.19 bits per heavy atom. The van der Waals surface area contributed by atoms with Crippen molar-refractivity contribution in [2.45, 2.75) is 77.3 Å². The minimum Gasteiger partial charge on any atom is -0.383 e. The number of rotatable bonds is 8. The lowest BCUT2D eigenvalue weighted by Gasteiger charge is -2.32. The molecule has 152 valence electrons. The third-order valence-electron chi connectivity index (χ3n) is 6.23. The van der Waals surface area contributed by atoms with Crippen LogP contribution in [0.15, 0.2) is 4.79 Å². The van der Waals surface area contributed by atoms with Gasteiger partial charge in [0, 0.05) is 39.1 Å². The highest BCUT2D eigenvalue weighted by molar-refractivity contribution is 5.76. The molecule has 1 aromatic heterocycles. The summed E-state index contributed by atoms with van der Waals surface area (Å²) >= 11 is 0. The van der Waals surface area contributed by atoms with Crippen LogP contribution in [0.25, 0.3) is 0 Å². The van der Waals surface area contributed by atoms with Crippen LogP contribution >= 0.6 is 0 Å². The minimum atomic E-state index is -0.0559. The molecule has 2 heterocycles. The Labute approximate surface area is 161 Å². The average Bonchev–Trinajstić information content (AvgIpc) is 3.32. The molecule has 27 heavy (non-hydrogen) atoms. The number of carbonyl (C=O) groups excluding carboxylic acids is 1. The van der Waals surface area contributed by atoms with Gasteiger partial charge in [-0.1, -0.05) is 25.7 Å². The lowest BCUT2D eigenvalue weighted by Crippen LogP contribution is -2.38. The molecule has 0 bridgehead atoms. The summed E-state index contributed by atoms with van der Waals surface area (Å²) in [7, 11) is 1.63. The summed E-state index contributed by atoms with van der Waals surface area (Å²) in [6, 6.07) is 0. The van der Waals surface area contributed by atoms with E-state index < -0.39 is 0 Å². The maximum absolute atomic E-state index is 12.5. The summed E-state index contributed by atoms with van der Waals surface area (Å²) in [5.41, 5.74) is -0.0559. The van der Waals surface area contributed by atoms with E-state index in [1.807, 2.05) is 11.8 Å². The number of carbonyl (C=O) groups is 1. The average molecular weight is 379 g/mol. The Hall–Kier alpha value is -1.63. The van der Waals surface area contributed by atoms with E-state index >= 15 is 0 Å². The molecular formula is C20H34N4O3. The molecule has 0 unspecified atom stereocenters. The van der Waals surface area contributed by atoms with Gasteiger partial charge < -0.3 is 9.64 Å². The molecule has 2 fully saturated rings. The predicted molar refractivity (Wildman–Crippen MR) is 104 cm³/mol. The van der Waals surface area contributed by atoms with Gasteiger partial charge in [0.25, 0.3) is 0 Å². The zero-order valence-corrected chi connectivity index (χ0v) is 16.9. The molecule has 7 nitrogen and oxygen atoms in total. The monoisotopic (exact) mass is 378 g/mol. The van der Waals surface area contributed by atoms with Crippen molar-refractivity contribution in [1.29, 1.82) is 0 Å². The van der Waals surface area contributed by atoms with E-state index in [2.05, 4.69) is 5.10 Å². The number of piperidine rings is 1. The molecule has 0 spiro atoms. The van der Waals surface area contributed by atoms with Gasteiger partial charge in [0.1, 0.15) is 5.82 Å². The van der Waals surface area contributed by atoms with Crippen LogP contribution in [0.1, 0.15) is 70.0 Å². The minimum absolute atomic E-state index is 0.0559. The van der Waals surface area contributed by atoms with Gasteiger partial charge in [0.2, 0.25) is 5.91 Å². The quantitative estimate of drug-likeness (QED) is 0.696. The van der Waals surface area contributed by atoms with Gasteiger partial charge in [-0.15, -0.1) is 0 Å². The van der Waals surface area contributed by atoms with Crippen LogP contribution in [0.4, 0.5) is 0 Å². The standard InChI is InChI=1S/C20H34N4O3/c1-3-23-19(21-24(20(23)26)14-15-27-2)17-10-12-22(13-11-17)18(25)9-8-16-6-4-5-7-16/h16-17H,3-15H2,1-2H3. The Balaban J connectivity index is 1.55. The van der Waals surface area contributed by atoms with Gasteiger partial charge in [-0.3, -0.25) is 9.36 Å². The molecular weight excluding hydrogens is 344 g/mol. The fourth-order valence-electron chi connectivity index (χ4n) is 4.55. The van der Waals surface area contributed by atoms with Gasteiger partial charge in [0.15, 0.2) is 0 Å². The molecule has 1 saturated carbocycles. The van der Waals surface area contributed by atoms with Gasteiger partial charge in [0.05, 0.1) is 13.2 Å². The van der Waals surface area contributed by atoms with Crippen molar-refractivity contribution in [3.8, 4) is 0 Å². The van der Waals surface area contributed by atoms with Crippen LogP contribution in [0.5, 0.6) is 0 Å². The number of likely N-dealkylation sites (tertiary alicyclic amines) is 1. The van der Waals surface area contributed by atoms with Crippen molar-refractivity contribution >= 4 is 5.91 Å². The summed E-state index contributed by atoms with van der Waals surface area (Å²) < 4.78 is 8.37. The van der Waals surface area contributed by atoms with Gasteiger partial charge >= 0.3 is 5.69 Å². The molecule has 0 aromatic carbocycles. The van der Waals surface area contributed by atoms with Crippen LogP contribution in [-0.4, -0.2) is 52.0 Å². The Morgan fingerprint density at radius 3 is 2.52 bits per heavy atom. The number of hydrogen-bond donors (Lipinski definition) is 0. The highest BCUT2D eigenvalue weighted by atomic mass is 16.5. The lowest BCUT2D eigenvalue weighted by molar-refractivity contribution is -0.132. The van der Waals surface area contributed by atoms with Gasteiger partial charge in [-0.25, -0.2) is 9.48 Å². The van der Waals surface area contributed by atoms with Crippen LogP contribution < -0.4 is 5.69 Å². The first kappa shape index (κ1) is 20.1. The van der Waals surface area contributed by atoms with E-state index in [1.165, 1.54) is 30.4 Å². The van der Waals surface area contributed by atoms with E-state index in [-0.39, 0.29) is 11.6 Å². The zero-order valence-electron chi connectivity index (χ0n) is 16.9. The molecule has 1 saturated heterocycles. The molecule has 2 aliphatic rings. The van der Waals surface area contributed by atoms with E-state index in [4.69, 9.17) is 4.74 Å². The second-order valence-electron chi connectivity index (χ2n) is 7.95. The zero-order chi connectivity index (χ0) is 19.2. The summed E-state index contributed by atoms with van der Waals surface area (Å²) in [4.78, 5) is 27.0. The molecule has 1 aliphatic heterocycles. The molecule has 0 atom stereocenters. The second-order valence-corrected chi connectivity index (χ2v) is 7.95. The van der Waals surface area contributed by atoms with Crippen molar-refractivity contribution in [2.24, 2.45) is 5.92 Å². The van der Waals surface area contributed by atoms with Gasteiger partial charge in [-0.2, -0.15) is 5.10 Å². The summed E-state index contributed by atoms with van der Waals surface area (Å²) in [6.45, 7) is 5.12. The highest BCUT2D eigenvalue weighted by Crippen LogP contribution is 2.30. The molecule has 0 N–H and O–H groups in total. The first-order chi connectivity index (χ1) is 13.1. The smallest absolute Gasteiger partial charge is 0.345 e. The molecule has 7 heteroatoms. The van der Waals surface area contributed by atoms with E-state index in [0.29, 0.717) is 32.0 Å². The Morgan fingerprint density at radius 2 is 1.89 bits per heavy atom. The van der Waals surface area contributed by atoms with Crippen LogP contribution in [-0.2, 0) is 22.6 Å². The largest absolute Gasteiger partial charge is 0.383 e. The number of amides is 1. The topological polar surface area (TPSA) is 69.4 Å². The van der Waals surface area contributed by atoms with E-state index in [0.717, 1.165) is 44.1 Å². The maximum atomic E-state index is 12.5. The lowest BCUT2D eigenvalue weighted by atomic mass is 9.95. The van der Waals surface area contributed by atoms with Gasteiger partial charge in [-0.05, 0) is 32.1 Å². The summed E-state index contributed by atoms with van der Waals surface area (Å²) in [6.07, 6.45) is 8.79. The van der Waals surface area contributed by atoms with Crippen LogP contribution in [0.2, 0.25) is 0 Å². The maximum Gasteiger partial charge on any atom is 0.345 e. The molecule has 1 amide bonds. The Kier molecular flexibility index (Phi) is 7.10. The first-order valence-electron chi connectivity index (χ1n) is 10.6. The molecule has 0 radical (unpaired) electrons. The number of aromatic nitrogens is 3. The van der Waals surface area contributed by atoms with Crippen molar-refractivity contribution in [1.82, 2.24) is 19.2 Å². The second kappa shape index (κ2) is 9.53. The number of hydrogen-bond acceptors (Lipinski definition) is 4. The van der Waals surface area contributed by atoms with Crippen LogP contribution in [0.3, 0.4) is 0 Å². The van der Waals surface area contributed by atoms with E-state index in [9.17, 15) is 9.59 Å². The fraction of sp³-hybridized carbons (Fsp3) is 0.850. The van der Waals surface area contributed by atoms with Crippen molar-refractivity contribution in [3.63, 3.8) is 0 Å². The third kappa shape index (κ3) is 4.81. The summed E-state index contributed by atoms with van der Waals surface area (Å²) in [5, 5.41) is 4.58. The molecule has 1 aromatic rings. The van der Waals surface area contributed by atoms with Crippen molar-refractivity contribution in [3.05, 3.63) is 16.3 Å².